The normalized spacial score (nSPS) is 10.0. The number of nitrogens with one attached hydrogen (secondary N) is 1. The number of hydrogen-bond donors (Lipinski definition) is 1. The largest absolute Gasteiger partial charge is 0.493 e. The fourth-order valence-electron chi connectivity index (χ4n) is 1.86. The van der Waals surface area contributed by atoms with Gasteiger partial charge in [-0.25, -0.2) is 0 Å². The van der Waals surface area contributed by atoms with Crippen LogP contribution < -0.4 is 14.8 Å². The summed E-state index contributed by atoms with van der Waals surface area (Å²) < 4.78 is 11.8. The van der Waals surface area contributed by atoms with Gasteiger partial charge in [-0.15, -0.1) is 0 Å². The van der Waals surface area contributed by atoms with Crippen LogP contribution in [-0.4, -0.2) is 19.6 Å². The van der Waals surface area contributed by atoms with Crippen molar-refractivity contribution in [1.29, 1.82) is 0 Å². The molecule has 1 amide bonds. The van der Waals surface area contributed by atoms with Crippen LogP contribution in [0, 0.1) is 3.57 Å². The number of anilines is 1. The molecule has 1 N–H and O–H groups in total. The van der Waals surface area contributed by atoms with Gasteiger partial charge < -0.3 is 14.8 Å². The van der Waals surface area contributed by atoms with Crippen molar-refractivity contribution in [3.63, 3.8) is 0 Å². The first kappa shape index (κ1) is 15.6. The van der Waals surface area contributed by atoms with Crippen molar-refractivity contribution in [2.75, 3.05) is 19.0 Å². The Morgan fingerprint density at radius 2 is 2.00 bits per heavy atom. The van der Waals surface area contributed by atoms with Crippen molar-refractivity contribution in [3.05, 3.63) is 51.6 Å². The van der Waals surface area contributed by atoms with E-state index in [2.05, 4.69) is 27.9 Å². The second-order valence-corrected chi connectivity index (χ2v) is 5.51. The SMILES string of the molecule is CCOc1cc(C(=O)Nc2cccc(I)c2)ccc1OC. The van der Waals surface area contributed by atoms with Gasteiger partial charge in [-0.3, -0.25) is 4.79 Å². The molecule has 0 aliphatic rings. The van der Waals surface area contributed by atoms with Gasteiger partial charge in [-0.2, -0.15) is 0 Å². The first-order valence-electron chi connectivity index (χ1n) is 6.51. The molecular weight excluding hydrogens is 381 g/mol. The van der Waals surface area contributed by atoms with Crippen molar-refractivity contribution >= 4 is 34.2 Å². The molecule has 0 heterocycles. The minimum Gasteiger partial charge on any atom is -0.493 e. The molecule has 0 fully saturated rings. The van der Waals surface area contributed by atoms with Crippen LogP contribution in [0.4, 0.5) is 5.69 Å². The molecule has 0 saturated heterocycles. The van der Waals surface area contributed by atoms with Gasteiger partial charge in [0.15, 0.2) is 11.5 Å². The Labute approximate surface area is 137 Å². The second kappa shape index (κ2) is 7.31. The zero-order chi connectivity index (χ0) is 15.2. The van der Waals surface area contributed by atoms with Crippen molar-refractivity contribution < 1.29 is 14.3 Å². The lowest BCUT2D eigenvalue weighted by atomic mass is 10.2. The number of benzene rings is 2. The summed E-state index contributed by atoms with van der Waals surface area (Å²) in [5, 5.41) is 2.87. The Bertz CT molecular complexity index is 643. The Kier molecular flexibility index (Phi) is 5.44. The van der Waals surface area contributed by atoms with Crippen LogP contribution in [0.1, 0.15) is 17.3 Å². The van der Waals surface area contributed by atoms with Gasteiger partial charge >= 0.3 is 0 Å². The van der Waals surface area contributed by atoms with Gasteiger partial charge in [0.2, 0.25) is 0 Å². The Balaban J connectivity index is 2.21. The fraction of sp³-hybridized carbons (Fsp3) is 0.188. The molecule has 0 unspecified atom stereocenters. The molecular formula is C16H16INO3. The summed E-state index contributed by atoms with van der Waals surface area (Å²) in [7, 11) is 1.57. The molecule has 0 spiro atoms. The van der Waals surface area contributed by atoms with E-state index >= 15 is 0 Å². The summed E-state index contributed by atoms with van der Waals surface area (Å²) in [6.07, 6.45) is 0. The molecule has 0 saturated carbocycles. The molecule has 0 aliphatic carbocycles. The molecule has 0 aliphatic heterocycles. The Morgan fingerprint density at radius 3 is 2.67 bits per heavy atom. The average molecular weight is 397 g/mol. The van der Waals surface area contributed by atoms with E-state index in [1.54, 1.807) is 25.3 Å². The zero-order valence-electron chi connectivity index (χ0n) is 11.9. The number of amides is 1. The van der Waals surface area contributed by atoms with E-state index in [1.165, 1.54) is 0 Å². The minimum absolute atomic E-state index is 0.180. The quantitative estimate of drug-likeness (QED) is 0.778. The molecule has 21 heavy (non-hydrogen) atoms. The second-order valence-electron chi connectivity index (χ2n) is 4.26. The predicted octanol–water partition coefficient (Wildman–Crippen LogP) is 3.95. The van der Waals surface area contributed by atoms with Crippen molar-refractivity contribution in [2.45, 2.75) is 6.92 Å². The van der Waals surface area contributed by atoms with E-state index in [9.17, 15) is 4.79 Å². The summed E-state index contributed by atoms with van der Waals surface area (Å²) in [5.41, 5.74) is 1.29. The lowest BCUT2D eigenvalue weighted by Crippen LogP contribution is -2.12. The predicted molar refractivity (Wildman–Crippen MR) is 91.3 cm³/mol. The lowest BCUT2D eigenvalue weighted by Gasteiger charge is -2.11. The van der Waals surface area contributed by atoms with Crippen molar-refractivity contribution in [3.8, 4) is 11.5 Å². The van der Waals surface area contributed by atoms with Gasteiger partial charge in [0.1, 0.15) is 0 Å². The van der Waals surface area contributed by atoms with E-state index in [0.29, 0.717) is 23.7 Å². The standard InChI is InChI=1S/C16H16INO3/c1-3-21-15-9-11(7-8-14(15)20-2)16(19)18-13-6-4-5-12(17)10-13/h4-10H,3H2,1-2H3,(H,18,19). The van der Waals surface area contributed by atoms with Crippen LogP contribution in [0.25, 0.3) is 0 Å². The van der Waals surface area contributed by atoms with Crippen LogP contribution in [0.15, 0.2) is 42.5 Å². The monoisotopic (exact) mass is 397 g/mol. The summed E-state index contributed by atoms with van der Waals surface area (Å²) in [6, 6.07) is 12.8. The van der Waals surface area contributed by atoms with Gasteiger partial charge in [0.05, 0.1) is 13.7 Å². The third-order valence-electron chi connectivity index (χ3n) is 2.81. The summed E-state index contributed by atoms with van der Waals surface area (Å²) in [5.74, 6) is 0.999. The van der Waals surface area contributed by atoms with E-state index < -0.39 is 0 Å². The maximum absolute atomic E-state index is 12.3. The number of carbonyl (C=O) groups excluding carboxylic acids is 1. The maximum atomic E-state index is 12.3. The van der Waals surface area contributed by atoms with E-state index in [1.807, 2.05) is 31.2 Å². The first-order valence-corrected chi connectivity index (χ1v) is 7.59. The van der Waals surface area contributed by atoms with Gasteiger partial charge in [0.25, 0.3) is 5.91 Å². The highest BCUT2D eigenvalue weighted by Crippen LogP contribution is 2.28. The van der Waals surface area contributed by atoms with E-state index in [0.717, 1.165) is 9.26 Å². The number of hydrogen-bond acceptors (Lipinski definition) is 3. The molecule has 2 aromatic carbocycles. The molecule has 0 bridgehead atoms. The molecule has 2 rings (SSSR count). The van der Waals surface area contributed by atoms with Crippen LogP contribution in [0.2, 0.25) is 0 Å². The summed E-state index contributed by atoms with van der Waals surface area (Å²) in [6.45, 7) is 2.40. The van der Waals surface area contributed by atoms with Crippen LogP contribution >= 0.6 is 22.6 Å². The third-order valence-corrected chi connectivity index (χ3v) is 3.48. The molecule has 5 heteroatoms. The lowest BCUT2D eigenvalue weighted by molar-refractivity contribution is 0.102. The number of ether oxygens (including phenoxy) is 2. The highest BCUT2D eigenvalue weighted by atomic mass is 127. The third kappa shape index (κ3) is 4.10. The smallest absolute Gasteiger partial charge is 0.255 e. The molecule has 0 aromatic heterocycles. The summed E-state index contributed by atoms with van der Waals surface area (Å²) >= 11 is 2.20. The zero-order valence-corrected chi connectivity index (χ0v) is 14.0. The first-order chi connectivity index (χ1) is 10.1. The topological polar surface area (TPSA) is 47.6 Å². The highest BCUT2D eigenvalue weighted by molar-refractivity contribution is 14.1. The number of rotatable bonds is 5. The van der Waals surface area contributed by atoms with Crippen molar-refractivity contribution in [1.82, 2.24) is 0 Å². The van der Waals surface area contributed by atoms with Gasteiger partial charge in [0, 0.05) is 14.8 Å². The molecule has 4 nitrogen and oxygen atoms in total. The number of carbonyl (C=O) groups is 1. The molecule has 0 radical (unpaired) electrons. The van der Waals surface area contributed by atoms with Gasteiger partial charge in [-0.1, -0.05) is 6.07 Å². The molecule has 2 aromatic rings. The van der Waals surface area contributed by atoms with E-state index in [4.69, 9.17) is 9.47 Å². The number of halogens is 1. The van der Waals surface area contributed by atoms with Crippen LogP contribution in [-0.2, 0) is 0 Å². The fourth-order valence-corrected chi connectivity index (χ4v) is 2.40. The minimum atomic E-state index is -0.180. The molecule has 110 valence electrons. The van der Waals surface area contributed by atoms with Crippen LogP contribution in [0.5, 0.6) is 11.5 Å². The number of methoxy groups -OCH3 is 1. The van der Waals surface area contributed by atoms with Gasteiger partial charge in [-0.05, 0) is 65.9 Å². The Hall–Kier alpha value is -1.76. The molecule has 0 atom stereocenters. The average Bonchev–Trinajstić information content (AvgIpc) is 2.47. The van der Waals surface area contributed by atoms with E-state index in [-0.39, 0.29) is 5.91 Å². The highest BCUT2D eigenvalue weighted by Gasteiger charge is 2.11. The summed E-state index contributed by atoms with van der Waals surface area (Å²) in [4.78, 5) is 12.3. The van der Waals surface area contributed by atoms with Crippen LogP contribution in [0.3, 0.4) is 0 Å². The Morgan fingerprint density at radius 1 is 1.19 bits per heavy atom. The maximum Gasteiger partial charge on any atom is 0.255 e. The van der Waals surface area contributed by atoms with Crippen molar-refractivity contribution in [2.24, 2.45) is 0 Å².